The van der Waals surface area contributed by atoms with Gasteiger partial charge in [-0.1, -0.05) is 50.2 Å². The first kappa shape index (κ1) is 18.1. The molecule has 1 heterocycles. The van der Waals surface area contributed by atoms with Gasteiger partial charge in [-0.2, -0.15) is 0 Å². The number of hydrogen-bond acceptors (Lipinski definition) is 2. The number of methoxy groups -OCH3 is 1. The highest BCUT2D eigenvalue weighted by Crippen LogP contribution is 2.37. The van der Waals surface area contributed by atoms with E-state index in [0.29, 0.717) is 18.9 Å². The molecule has 2 N–H and O–H groups in total. The van der Waals surface area contributed by atoms with Gasteiger partial charge in [0.25, 0.3) is 0 Å². The molecule has 0 saturated carbocycles. The number of amides is 1. The predicted molar refractivity (Wildman–Crippen MR) is 106 cm³/mol. The van der Waals surface area contributed by atoms with Gasteiger partial charge in [-0.3, -0.25) is 4.79 Å². The van der Waals surface area contributed by atoms with Crippen LogP contribution in [0.15, 0.2) is 54.7 Å². The van der Waals surface area contributed by atoms with Crippen molar-refractivity contribution in [3.63, 3.8) is 0 Å². The Kier molecular flexibility index (Phi) is 5.61. The van der Waals surface area contributed by atoms with E-state index in [0.717, 1.165) is 27.8 Å². The van der Waals surface area contributed by atoms with Crippen LogP contribution in [0.4, 0.5) is 0 Å². The largest absolute Gasteiger partial charge is 0.496 e. The molecule has 0 aliphatic heterocycles. The summed E-state index contributed by atoms with van der Waals surface area (Å²) in [6.45, 7) is 4.88. The fourth-order valence-corrected chi connectivity index (χ4v) is 3.30. The number of H-pyrrole nitrogens is 1. The molecule has 1 atom stereocenters. The maximum absolute atomic E-state index is 12.6. The quantitative estimate of drug-likeness (QED) is 0.660. The second kappa shape index (κ2) is 8.09. The molecule has 1 amide bonds. The van der Waals surface area contributed by atoms with Gasteiger partial charge in [-0.15, -0.1) is 0 Å². The number of carbonyl (C=O) groups excluding carboxylic acids is 1. The lowest BCUT2D eigenvalue weighted by molar-refractivity contribution is -0.121. The van der Waals surface area contributed by atoms with Crippen molar-refractivity contribution in [3.05, 3.63) is 65.9 Å². The van der Waals surface area contributed by atoms with E-state index in [1.165, 1.54) is 0 Å². The number of nitrogens with one attached hydrogen (secondary N) is 2. The molecule has 136 valence electrons. The summed E-state index contributed by atoms with van der Waals surface area (Å²) in [6.07, 6.45) is 2.40. The molecule has 0 saturated heterocycles. The monoisotopic (exact) mass is 350 g/mol. The molecule has 0 bridgehead atoms. The van der Waals surface area contributed by atoms with Gasteiger partial charge in [0, 0.05) is 41.5 Å². The van der Waals surface area contributed by atoms with E-state index in [-0.39, 0.29) is 11.8 Å². The molecule has 0 aliphatic carbocycles. The number of para-hydroxylation sites is 2. The second-order valence-electron chi connectivity index (χ2n) is 6.99. The van der Waals surface area contributed by atoms with E-state index in [2.05, 4.69) is 36.3 Å². The molecule has 1 unspecified atom stereocenters. The third-order valence-electron chi connectivity index (χ3n) is 4.61. The number of fused-ring (bicyclic) bond motifs is 1. The van der Waals surface area contributed by atoms with Gasteiger partial charge in [0.05, 0.1) is 7.11 Å². The minimum absolute atomic E-state index is 0.0555. The van der Waals surface area contributed by atoms with Crippen molar-refractivity contribution in [3.8, 4) is 5.75 Å². The molecule has 2 aromatic carbocycles. The Balaban J connectivity index is 2.00. The van der Waals surface area contributed by atoms with Crippen LogP contribution in [-0.4, -0.2) is 24.5 Å². The van der Waals surface area contributed by atoms with E-state index >= 15 is 0 Å². The zero-order chi connectivity index (χ0) is 18.5. The van der Waals surface area contributed by atoms with Gasteiger partial charge in [-0.05, 0) is 23.6 Å². The molecule has 3 aromatic rings. The molecular formula is C22H26N2O2. The SMILES string of the molecule is COc1ccccc1C(CC(=O)NCC(C)C)c1c[nH]c2ccccc12. The van der Waals surface area contributed by atoms with Crippen molar-refractivity contribution in [1.82, 2.24) is 10.3 Å². The molecule has 1 aromatic heterocycles. The maximum Gasteiger partial charge on any atom is 0.220 e. The van der Waals surface area contributed by atoms with E-state index < -0.39 is 0 Å². The fourth-order valence-electron chi connectivity index (χ4n) is 3.30. The minimum atomic E-state index is -0.0746. The molecule has 0 radical (unpaired) electrons. The first-order chi connectivity index (χ1) is 12.6. The molecular weight excluding hydrogens is 324 g/mol. The Bertz CT molecular complexity index is 882. The Hall–Kier alpha value is -2.75. The lowest BCUT2D eigenvalue weighted by atomic mass is 9.87. The Labute approximate surface area is 154 Å². The number of ether oxygens (including phenoxy) is 1. The second-order valence-corrected chi connectivity index (χ2v) is 6.99. The van der Waals surface area contributed by atoms with Crippen molar-refractivity contribution in [2.45, 2.75) is 26.2 Å². The Morgan fingerprint density at radius 1 is 1.08 bits per heavy atom. The number of carbonyl (C=O) groups is 1. The summed E-state index contributed by atoms with van der Waals surface area (Å²) in [4.78, 5) is 15.9. The molecule has 4 nitrogen and oxygen atoms in total. The van der Waals surface area contributed by atoms with Crippen LogP contribution >= 0.6 is 0 Å². The number of hydrogen-bond donors (Lipinski definition) is 2. The summed E-state index contributed by atoms with van der Waals surface area (Å²) in [5.41, 5.74) is 3.22. The van der Waals surface area contributed by atoms with Crippen LogP contribution in [0, 0.1) is 5.92 Å². The molecule has 26 heavy (non-hydrogen) atoms. The van der Waals surface area contributed by atoms with E-state index in [1.807, 2.05) is 42.6 Å². The first-order valence-electron chi connectivity index (χ1n) is 9.05. The van der Waals surface area contributed by atoms with Gasteiger partial charge >= 0.3 is 0 Å². The summed E-state index contributed by atoms with van der Waals surface area (Å²) < 4.78 is 5.57. The highest BCUT2D eigenvalue weighted by atomic mass is 16.5. The zero-order valence-electron chi connectivity index (χ0n) is 15.6. The van der Waals surface area contributed by atoms with Crippen LogP contribution in [0.2, 0.25) is 0 Å². The summed E-state index contributed by atoms with van der Waals surface area (Å²) in [7, 11) is 1.67. The van der Waals surface area contributed by atoms with Crippen LogP contribution in [0.5, 0.6) is 5.75 Å². The van der Waals surface area contributed by atoms with Crippen molar-refractivity contribution < 1.29 is 9.53 Å². The summed E-state index contributed by atoms with van der Waals surface area (Å²) >= 11 is 0. The fraction of sp³-hybridized carbons (Fsp3) is 0.318. The maximum atomic E-state index is 12.6. The van der Waals surface area contributed by atoms with Gasteiger partial charge in [0.1, 0.15) is 5.75 Å². The normalized spacial score (nSPS) is 12.3. The van der Waals surface area contributed by atoms with Gasteiger partial charge in [0.2, 0.25) is 5.91 Å². The number of aromatic amines is 1. The average Bonchev–Trinajstić information content (AvgIpc) is 3.08. The predicted octanol–water partition coefficient (Wildman–Crippen LogP) is 4.47. The van der Waals surface area contributed by atoms with Crippen LogP contribution in [0.1, 0.15) is 37.3 Å². The lowest BCUT2D eigenvalue weighted by Gasteiger charge is -2.20. The minimum Gasteiger partial charge on any atom is -0.496 e. The third-order valence-corrected chi connectivity index (χ3v) is 4.61. The number of rotatable bonds is 7. The topological polar surface area (TPSA) is 54.1 Å². The summed E-state index contributed by atoms with van der Waals surface area (Å²) in [5, 5.41) is 4.18. The summed E-state index contributed by atoms with van der Waals surface area (Å²) in [6, 6.07) is 16.1. The molecule has 4 heteroatoms. The van der Waals surface area contributed by atoms with Gasteiger partial charge < -0.3 is 15.0 Å². The van der Waals surface area contributed by atoms with E-state index in [1.54, 1.807) is 7.11 Å². The van der Waals surface area contributed by atoms with E-state index in [9.17, 15) is 4.79 Å². The lowest BCUT2D eigenvalue weighted by Crippen LogP contribution is -2.28. The van der Waals surface area contributed by atoms with Crippen LogP contribution in [0.3, 0.4) is 0 Å². The number of benzene rings is 2. The zero-order valence-corrected chi connectivity index (χ0v) is 15.6. The van der Waals surface area contributed by atoms with Gasteiger partial charge in [-0.25, -0.2) is 0 Å². The summed E-state index contributed by atoms with van der Waals surface area (Å²) in [5.74, 6) is 1.21. The Morgan fingerprint density at radius 2 is 1.81 bits per heavy atom. The smallest absolute Gasteiger partial charge is 0.220 e. The van der Waals surface area contributed by atoms with Crippen molar-refractivity contribution >= 4 is 16.8 Å². The Morgan fingerprint density at radius 3 is 2.58 bits per heavy atom. The highest BCUT2D eigenvalue weighted by Gasteiger charge is 2.24. The number of aromatic nitrogens is 1. The van der Waals surface area contributed by atoms with Crippen LogP contribution < -0.4 is 10.1 Å². The first-order valence-corrected chi connectivity index (χ1v) is 9.05. The molecule has 0 aliphatic rings. The third kappa shape index (κ3) is 3.90. The van der Waals surface area contributed by atoms with Crippen LogP contribution in [-0.2, 0) is 4.79 Å². The van der Waals surface area contributed by atoms with Crippen molar-refractivity contribution in [1.29, 1.82) is 0 Å². The van der Waals surface area contributed by atoms with Crippen molar-refractivity contribution in [2.24, 2.45) is 5.92 Å². The highest BCUT2D eigenvalue weighted by molar-refractivity contribution is 5.86. The average molecular weight is 350 g/mol. The van der Waals surface area contributed by atoms with Crippen molar-refractivity contribution in [2.75, 3.05) is 13.7 Å². The molecule has 3 rings (SSSR count). The molecule has 0 fully saturated rings. The molecule has 0 spiro atoms. The van der Waals surface area contributed by atoms with Crippen LogP contribution in [0.25, 0.3) is 10.9 Å². The van der Waals surface area contributed by atoms with E-state index in [4.69, 9.17) is 4.74 Å². The standard InChI is InChI=1S/C22H26N2O2/c1-15(2)13-24-22(25)12-18(17-9-5-7-11-21(17)26-3)19-14-23-20-10-6-4-8-16(19)20/h4-11,14-15,18,23H,12-13H2,1-3H3,(H,24,25). The van der Waals surface area contributed by atoms with Gasteiger partial charge in [0.15, 0.2) is 0 Å².